The van der Waals surface area contributed by atoms with Crippen molar-refractivity contribution in [2.24, 2.45) is 11.8 Å². The quantitative estimate of drug-likeness (QED) is 0.720. The molecule has 2 aliphatic carbocycles. The van der Waals surface area contributed by atoms with E-state index in [1.165, 1.54) is 38.5 Å². The van der Waals surface area contributed by atoms with Crippen LogP contribution in [-0.2, 0) is 0 Å². The first-order valence-electron chi connectivity index (χ1n) is 7.86. The Morgan fingerprint density at radius 2 is 1.53 bits per heavy atom. The monoisotopic (exact) mass is 277 g/mol. The minimum absolute atomic E-state index is 0.309. The maximum Gasteiger partial charge on any atom is 0.391 e. The highest BCUT2D eigenvalue weighted by atomic mass is 19.4. The van der Waals surface area contributed by atoms with Crippen LogP contribution in [0.2, 0.25) is 0 Å². The molecule has 0 unspecified atom stereocenters. The molecule has 19 heavy (non-hydrogen) atoms. The maximum absolute atomic E-state index is 12.5. The summed E-state index contributed by atoms with van der Waals surface area (Å²) in [6.07, 6.45) is 6.05. The van der Waals surface area contributed by atoms with Crippen LogP contribution in [0.5, 0.6) is 0 Å². The molecule has 0 atom stereocenters. The van der Waals surface area contributed by atoms with Gasteiger partial charge in [-0.2, -0.15) is 13.2 Å². The lowest BCUT2D eigenvalue weighted by atomic mass is 9.85. The number of halogens is 3. The molecule has 2 fully saturated rings. The number of nitrogens with one attached hydrogen (secondary N) is 1. The molecule has 0 radical (unpaired) electrons. The molecule has 2 rings (SSSR count). The molecule has 1 N–H and O–H groups in total. The number of rotatable bonds is 5. The van der Waals surface area contributed by atoms with Crippen molar-refractivity contribution < 1.29 is 13.2 Å². The van der Waals surface area contributed by atoms with Crippen LogP contribution in [0.4, 0.5) is 13.2 Å². The van der Waals surface area contributed by atoms with Crippen LogP contribution < -0.4 is 5.32 Å². The van der Waals surface area contributed by atoms with E-state index in [4.69, 9.17) is 0 Å². The number of alkyl halides is 3. The Bertz CT molecular complexity index is 251. The molecule has 0 aliphatic heterocycles. The predicted molar refractivity (Wildman–Crippen MR) is 71.0 cm³/mol. The first-order valence-corrected chi connectivity index (χ1v) is 7.86. The number of hydrogen-bond acceptors (Lipinski definition) is 1. The van der Waals surface area contributed by atoms with E-state index in [1.807, 2.05) is 0 Å². The van der Waals surface area contributed by atoms with Gasteiger partial charge in [0, 0.05) is 6.04 Å². The topological polar surface area (TPSA) is 12.0 Å². The normalized spacial score (nSPS) is 29.8. The largest absolute Gasteiger partial charge is 0.391 e. The third kappa shape index (κ3) is 4.97. The molecule has 2 saturated carbocycles. The SMILES string of the molecule is FC(F)(F)C1CCC(NCCCC2CCCC2)CC1. The van der Waals surface area contributed by atoms with E-state index in [0.29, 0.717) is 31.7 Å². The van der Waals surface area contributed by atoms with Crippen molar-refractivity contribution in [3.8, 4) is 0 Å². The van der Waals surface area contributed by atoms with Gasteiger partial charge in [-0.15, -0.1) is 0 Å². The van der Waals surface area contributed by atoms with Crippen LogP contribution in [-0.4, -0.2) is 18.8 Å². The Morgan fingerprint density at radius 1 is 0.895 bits per heavy atom. The van der Waals surface area contributed by atoms with Crippen LogP contribution in [0.15, 0.2) is 0 Å². The van der Waals surface area contributed by atoms with E-state index in [2.05, 4.69) is 5.32 Å². The first kappa shape index (κ1) is 15.1. The van der Waals surface area contributed by atoms with Crippen molar-refractivity contribution in [1.82, 2.24) is 5.32 Å². The minimum Gasteiger partial charge on any atom is -0.314 e. The second-order valence-corrected chi connectivity index (χ2v) is 6.34. The molecule has 0 spiro atoms. The van der Waals surface area contributed by atoms with Crippen LogP contribution in [0.3, 0.4) is 0 Å². The molecule has 112 valence electrons. The fourth-order valence-corrected chi connectivity index (χ4v) is 3.62. The van der Waals surface area contributed by atoms with Gasteiger partial charge in [-0.25, -0.2) is 0 Å². The Labute approximate surface area is 114 Å². The second kappa shape index (κ2) is 6.96. The van der Waals surface area contributed by atoms with Gasteiger partial charge < -0.3 is 5.32 Å². The van der Waals surface area contributed by atoms with Gasteiger partial charge in [-0.1, -0.05) is 25.7 Å². The third-order valence-electron chi connectivity index (χ3n) is 4.89. The molecular formula is C15H26F3N. The van der Waals surface area contributed by atoms with Gasteiger partial charge in [0.2, 0.25) is 0 Å². The van der Waals surface area contributed by atoms with Crippen molar-refractivity contribution in [2.75, 3.05) is 6.54 Å². The van der Waals surface area contributed by atoms with Crippen molar-refractivity contribution in [3.63, 3.8) is 0 Å². The average Bonchev–Trinajstić information content (AvgIpc) is 2.87. The van der Waals surface area contributed by atoms with Gasteiger partial charge in [-0.3, -0.25) is 0 Å². The highest BCUT2D eigenvalue weighted by Crippen LogP contribution is 2.37. The van der Waals surface area contributed by atoms with Gasteiger partial charge in [0.15, 0.2) is 0 Å². The number of hydrogen-bond donors (Lipinski definition) is 1. The van der Waals surface area contributed by atoms with Gasteiger partial charge in [0.1, 0.15) is 0 Å². The molecule has 0 heterocycles. The summed E-state index contributed by atoms with van der Waals surface area (Å²) < 4.78 is 37.6. The van der Waals surface area contributed by atoms with E-state index in [1.54, 1.807) is 0 Å². The molecule has 0 saturated heterocycles. The standard InChI is InChI=1S/C15H26F3N/c16-15(17,18)13-7-9-14(10-8-13)19-11-3-6-12-4-1-2-5-12/h12-14,19H,1-11H2. The zero-order chi connectivity index (χ0) is 13.7. The summed E-state index contributed by atoms with van der Waals surface area (Å²) in [6, 6.07) is 0.321. The van der Waals surface area contributed by atoms with Crippen LogP contribution >= 0.6 is 0 Å². The fraction of sp³-hybridized carbons (Fsp3) is 1.00. The van der Waals surface area contributed by atoms with Crippen LogP contribution in [0.1, 0.15) is 64.2 Å². The highest BCUT2D eigenvalue weighted by Gasteiger charge is 2.41. The summed E-state index contributed by atoms with van der Waals surface area (Å²) >= 11 is 0. The molecule has 1 nitrogen and oxygen atoms in total. The second-order valence-electron chi connectivity index (χ2n) is 6.34. The van der Waals surface area contributed by atoms with E-state index in [0.717, 1.165) is 12.5 Å². The molecule has 2 aliphatic rings. The third-order valence-corrected chi connectivity index (χ3v) is 4.89. The zero-order valence-electron chi connectivity index (χ0n) is 11.6. The summed E-state index contributed by atoms with van der Waals surface area (Å²) in [5, 5.41) is 3.45. The molecule has 0 aromatic heterocycles. The Morgan fingerprint density at radius 3 is 2.11 bits per heavy atom. The van der Waals surface area contributed by atoms with Crippen molar-refractivity contribution >= 4 is 0 Å². The van der Waals surface area contributed by atoms with Gasteiger partial charge in [-0.05, 0) is 51.0 Å². The van der Waals surface area contributed by atoms with Gasteiger partial charge in [0.25, 0.3) is 0 Å². The Balaban J connectivity index is 1.53. The van der Waals surface area contributed by atoms with Crippen LogP contribution in [0, 0.1) is 11.8 Å². The van der Waals surface area contributed by atoms with Crippen molar-refractivity contribution in [1.29, 1.82) is 0 Å². The summed E-state index contributed by atoms with van der Waals surface area (Å²) in [7, 11) is 0. The summed E-state index contributed by atoms with van der Waals surface area (Å²) in [5.41, 5.74) is 0. The molecule has 0 aromatic carbocycles. The van der Waals surface area contributed by atoms with Crippen molar-refractivity contribution in [3.05, 3.63) is 0 Å². The summed E-state index contributed by atoms with van der Waals surface area (Å²) in [5.74, 6) is -0.133. The Hall–Kier alpha value is -0.250. The van der Waals surface area contributed by atoms with E-state index < -0.39 is 12.1 Å². The Kier molecular flexibility index (Phi) is 5.55. The lowest BCUT2D eigenvalue weighted by molar-refractivity contribution is -0.182. The summed E-state index contributed by atoms with van der Waals surface area (Å²) in [4.78, 5) is 0. The molecular weight excluding hydrogens is 251 g/mol. The fourth-order valence-electron chi connectivity index (χ4n) is 3.62. The summed E-state index contributed by atoms with van der Waals surface area (Å²) in [6.45, 7) is 0.984. The predicted octanol–water partition coefficient (Wildman–Crippen LogP) is 4.67. The van der Waals surface area contributed by atoms with Crippen LogP contribution in [0.25, 0.3) is 0 Å². The lowest BCUT2D eigenvalue weighted by Gasteiger charge is -2.30. The molecule has 4 heteroatoms. The maximum atomic E-state index is 12.5. The molecule has 0 amide bonds. The lowest BCUT2D eigenvalue weighted by Crippen LogP contribution is -2.37. The van der Waals surface area contributed by atoms with E-state index in [-0.39, 0.29) is 0 Å². The van der Waals surface area contributed by atoms with Gasteiger partial charge >= 0.3 is 6.18 Å². The first-order chi connectivity index (χ1) is 9.05. The highest BCUT2D eigenvalue weighted by molar-refractivity contribution is 4.80. The smallest absolute Gasteiger partial charge is 0.314 e. The van der Waals surface area contributed by atoms with Crippen molar-refractivity contribution in [2.45, 2.75) is 76.4 Å². The minimum atomic E-state index is -3.98. The average molecular weight is 277 g/mol. The molecule has 0 bridgehead atoms. The van der Waals surface area contributed by atoms with Gasteiger partial charge in [0.05, 0.1) is 5.92 Å². The molecule has 0 aromatic rings. The van der Waals surface area contributed by atoms with E-state index in [9.17, 15) is 13.2 Å². The zero-order valence-corrected chi connectivity index (χ0v) is 11.6. The van der Waals surface area contributed by atoms with E-state index >= 15 is 0 Å².